The SMILES string of the molecule is O=C(/C=C/c1ccc(Cl)cc1)Oc1c(Br)cc(Br)cc1C=NNC(=O)c1cccc(NC(=O)c2cccc(C(F)(F)F)c2)c1. The number of anilines is 1. The number of ether oxygens (including phenoxy) is 1. The maximum atomic E-state index is 13.0. The molecule has 0 aliphatic heterocycles. The Morgan fingerprint density at radius 1 is 0.864 bits per heavy atom. The lowest BCUT2D eigenvalue weighted by atomic mass is 10.1. The quantitative estimate of drug-likeness (QED) is 0.0621. The van der Waals surface area contributed by atoms with Gasteiger partial charge in [0.2, 0.25) is 0 Å². The van der Waals surface area contributed by atoms with E-state index in [0.29, 0.717) is 19.5 Å². The first-order chi connectivity index (χ1) is 20.9. The topological polar surface area (TPSA) is 96.9 Å². The predicted molar refractivity (Wildman–Crippen MR) is 169 cm³/mol. The molecule has 2 N–H and O–H groups in total. The first-order valence-electron chi connectivity index (χ1n) is 12.5. The highest BCUT2D eigenvalue weighted by Crippen LogP contribution is 2.32. The van der Waals surface area contributed by atoms with Crippen LogP contribution in [0.15, 0.2) is 105 Å². The van der Waals surface area contributed by atoms with E-state index < -0.39 is 29.5 Å². The molecule has 4 aromatic carbocycles. The summed E-state index contributed by atoms with van der Waals surface area (Å²) < 4.78 is 45.6. The summed E-state index contributed by atoms with van der Waals surface area (Å²) >= 11 is 12.6. The second kappa shape index (κ2) is 14.5. The maximum absolute atomic E-state index is 13.0. The van der Waals surface area contributed by atoms with Gasteiger partial charge in [-0.1, -0.05) is 51.8 Å². The normalized spacial score (nSPS) is 11.5. The number of hydrazone groups is 1. The highest BCUT2D eigenvalue weighted by molar-refractivity contribution is 9.11. The molecule has 0 atom stereocenters. The zero-order chi connectivity index (χ0) is 31.9. The molecule has 0 unspecified atom stereocenters. The number of carbonyl (C=O) groups excluding carboxylic acids is 3. The highest BCUT2D eigenvalue weighted by Gasteiger charge is 2.31. The Kier molecular flexibility index (Phi) is 10.7. The number of benzene rings is 4. The van der Waals surface area contributed by atoms with Crippen LogP contribution in [0.25, 0.3) is 6.08 Å². The van der Waals surface area contributed by atoms with Crippen LogP contribution in [0.3, 0.4) is 0 Å². The number of nitrogens with zero attached hydrogens (tertiary/aromatic N) is 1. The minimum absolute atomic E-state index is 0.110. The van der Waals surface area contributed by atoms with Crippen molar-refractivity contribution in [3.05, 3.63) is 133 Å². The summed E-state index contributed by atoms with van der Waals surface area (Å²) in [7, 11) is 0. The lowest BCUT2D eigenvalue weighted by Crippen LogP contribution is -2.18. The molecule has 2 amide bonds. The third kappa shape index (κ3) is 9.12. The molecule has 0 aliphatic carbocycles. The summed E-state index contributed by atoms with van der Waals surface area (Å²) in [5.74, 6) is -1.94. The van der Waals surface area contributed by atoms with E-state index in [1.807, 2.05) is 0 Å². The summed E-state index contributed by atoms with van der Waals surface area (Å²) in [4.78, 5) is 37.8. The largest absolute Gasteiger partial charge is 0.421 e. The lowest BCUT2D eigenvalue weighted by molar-refractivity contribution is -0.137. The number of carbonyl (C=O) groups is 3. The van der Waals surface area contributed by atoms with Crippen molar-refractivity contribution in [1.29, 1.82) is 0 Å². The molecular weight excluding hydrogens is 731 g/mol. The monoisotopic (exact) mass is 747 g/mol. The summed E-state index contributed by atoms with van der Waals surface area (Å²) in [6.45, 7) is 0. The van der Waals surface area contributed by atoms with Gasteiger partial charge in [-0.2, -0.15) is 18.3 Å². The molecule has 0 heterocycles. The Morgan fingerprint density at radius 3 is 2.25 bits per heavy atom. The second-order valence-electron chi connectivity index (χ2n) is 8.92. The van der Waals surface area contributed by atoms with E-state index in [1.54, 1.807) is 42.5 Å². The molecule has 0 aromatic heterocycles. The fourth-order valence-electron chi connectivity index (χ4n) is 3.66. The average molecular weight is 750 g/mol. The van der Waals surface area contributed by atoms with Crippen LogP contribution in [0.4, 0.5) is 18.9 Å². The summed E-state index contributed by atoms with van der Waals surface area (Å²) in [6.07, 6.45) is -0.509. The molecule has 0 aliphatic rings. The molecule has 13 heteroatoms. The lowest BCUT2D eigenvalue weighted by Gasteiger charge is -2.10. The molecule has 4 aromatic rings. The van der Waals surface area contributed by atoms with Gasteiger partial charge in [0.25, 0.3) is 11.8 Å². The van der Waals surface area contributed by atoms with Crippen molar-refractivity contribution in [3.8, 4) is 5.75 Å². The van der Waals surface area contributed by atoms with Crippen molar-refractivity contribution >= 4 is 79.2 Å². The van der Waals surface area contributed by atoms with E-state index in [1.165, 1.54) is 42.6 Å². The van der Waals surface area contributed by atoms with Gasteiger partial charge in [0.1, 0.15) is 0 Å². The molecule has 7 nitrogen and oxygen atoms in total. The smallest absolute Gasteiger partial charge is 0.416 e. The van der Waals surface area contributed by atoms with E-state index >= 15 is 0 Å². The van der Waals surface area contributed by atoms with Crippen molar-refractivity contribution in [2.75, 3.05) is 5.32 Å². The van der Waals surface area contributed by atoms with E-state index in [2.05, 4.69) is 47.7 Å². The molecule has 0 fully saturated rings. The molecule has 0 spiro atoms. The zero-order valence-electron chi connectivity index (χ0n) is 22.2. The molecule has 0 saturated carbocycles. The third-order valence-electron chi connectivity index (χ3n) is 5.73. The van der Waals surface area contributed by atoms with Gasteiger partial charge >= 0.3 is 12.1 Å². The van der Waals surface area contributed by atoms with E-state index in [0.717, 1.165) is 23.8 Å². The number of esters is 1. The Morgan fingerprint density at radius 2 is 1.55 bits per heavy atom. The van der Waals surface area contributed by atoms with Gasteiger partial charge in [-0.3, -0.25) is 9.59 Å². The van der Waals surface area contributed by atoms with E-state index in [4.69, 9.17) is 16.3 Å². The van der Waals surface area contributed by atoms with Crippen molar-refractivity contribution in [2.24, 2.45) is 5.10 Å². The second-order valence-corrected chi connectivity index (χ2v) is 11.1. The minimum Gasteiger partial charge on any atom is -0.421 e. The van der Waals surface area contributed by atoms with Crippen molar-refractivity contribution in [2.45, 2.75) is 6.18 Å². The first kappa shape index (κ1) is 32.6. The van der Waals surface area contributed by atoms with Crippen molar-refractivity contribution < 1.29 is 32.3 Å². The van der Waals surface area contributed by atoms with Crippen LogP contribution in [0.1, 0.15) is 37.4 Å². The molecular formula is C31H19Br2ClF3N3O4. The van der Waals surface area contributed by atoms with Crippen molar-refractivity contribution in [3.63, 3.8) is 0 Å². The highest BCUT2D eigenvalue weighted by atomic mass is 79.9. The number of halogens is 6. The Labute approximate surface area is 271 Å². The molecule has 44 heavy (non-hydrogen) atoms. The fraction of sp³-hybridized carbons (Fsp3) is 0.0323. The summed E-state index contributed by atoms with van der Waals surface area (Å²) in [5, 5.41) is 7.00. The molecule has 0 radical (unpaired) electrons. The zero-order valence-corrected chi connectivity index (χ0v) is 26.1. The Balaban J connectivity index is 1.43. The molecule has 0 bridgehead atoms. The number of nitrogens with one attached hydrogen (secondary N) is 2. The number of rotatable bonds is 8. The summed E-state index contributed by atoms with van der Waals surface area (Å²) in [5.41, 5.74) is 2.58. The van der Waals surface area contributed by atoms with Gasteiger partial charge < -0.3 is 10.1 Å². The number of amides is 2. The number of hydrogen-bond donors (Lipinski definition) is 2. The Bertz CT molecular complexity index is 1780. The standard InChI is InChI=1S/C31H19Br2ClF3N3O4/c32-23-14-21(28(26(33)16-23)44-27(41)12-9-18-7-10-24(34)11-8-18)17-38-40-30(43)20-4-2-6-25(15-20)39-29(42)19-3-1-5-22(13-19)31(35,36)37/h1-17H,(H,39,42)(H,40,43)/b12-9+,38-17?. The fourth-order valence-corrected chi connectivity index (χ4v) is 5.13. The average Bonchev–Trinajstić information content (AvgIpc) is 2.98. The van der Waals surface area contributed by atoms with Gasteiger partial charge in [0, 0.05) is 37.9 Å². The van der Waals surface area contributed by atoms with E-state index in [9.17, 15) is 27.6 Å². The van der Waals surface area contributed by atoms with Gasteiger partial charge in [0.15, 0.2) is 5.75 Å². The summed E-state index contributed by atoms with van der Waals surface area (Å²) in [6, 6.07) is 19.9. The molecule has 0 saturated heterocycles. The van der Waals surface area contributed by atoms with E-state index in [-0.39, 0.29) is 22.6 Å². The number of hydrogen-bond acceptors (Lipinski definition) is 5. The Hall–Kier alpha value is -4.26. The maximum Gasteiger partial charge on any atom is 0.416 e. The van der Waals surface area contributed by atoms with Crippen LogP contribution in [-0.2, 0) is 11.0 Å². The van der Waals surface area contributed by atoms with Crippen LogP contribution in [-0.4, -0.2) is 24.0 Å². The molecule has 224 valence electrons. The first-order valence-corrected chi connectivity index (χ1v) is 14.4. The van der Waals surface area contributed by atoms with Crippen LogP contribution >= 0.6 is 43.5 Å². The van der Waals surface area contributed by atoms with Crippen LogP contribution in [0, 0.1) is 0 Å². The van der Waals surface area contributed by atoms with Crippen LogP contribution in [0.5, 0.6) is 5.75 Å². The van der Waals surface area contributed by atoms with Gasteiger partial charge in [0.05, 0.1) is 16.3 Å². The van der Waals surface area contributed by atoms with Gasteiger partial charge in [-0.25, -0.2) is 10.2 Å². The van der Waals surface area contributed by atoms with Gasteiger partial charge in [-0.15, -0.1) is 0 Å². The van der Waals surface area contributed by atoms with Crippen molar-refractivity contribution in [1.82, 2.24) is 5.43 Å². The number of alkyl halides is 3. The van der Waals surface area contributed by atoms with Gasteiger partial charge in [-0.05, 0) is 88.2 Å². The minimum atomic E-state index is -4.60. The third-order valence-corrected chi connectivity index (χ3v) is 7.02. The van der Waals surface area contributed by atoms with Crippen LogP contribution in [0.2, 0.25) is 5.02 Å². The van der Waals surface area contributed by atoms with Crippen LogP contribution < -0.4 is 15.5 Å². The molecule has 4 rings (SSSR count). The predicted octanol–water partition coefficient (Wildman–Crippen LogP) is 8.52.